The van der Waals surface area contributed by atoms with E-state index < -0.39 is 16.8 Å². The van der Waals surface area contributed by atoms with E-state index in [1.54, 1.807) is 0 Å². The van der Waals surface area contributed by atoms with Gasteiger partial charge >= 0.3 is 6.18 Å². The summed E-state index contributed by atoms with van der Waals surface area (Å²) in [4.78, 5) is 11.9. The minimum absolute atomic E-state index is 0.0629. The molecule has 1 amide bonds. The predicted molar refractivity (Wildman–Crippen MR) is 86.7 cm³/mol. The number of quaternary nitrogens is 1. The van der Waals surface area contributed by atoms with Gasteiger partial charge in [-0.3, -0.25) is 4.79 Å². The Morgan fingerprint density at radius 3 is 2.50 bits per heavy atom. The fourth-order valence-corrected chi connectivity index (χ4v) is 2.43. The maximum atomic E-state index is 12.8. The van der Waals surface area contributed by atoms with Crippen LogP contribution in [0.3, 0.4) is 0 Å². The zero-order chi connectivity index (χ0) is 17.7. The largest absolute Gasteiger partial charge is 0.417 e. The van der Waals surface area contributed by atoms with Crippen LogP contribution in [0.2, 0.25) is 5.02 Å². The topological polar surface area (TPSA) is 45.7 Å². The van der Waals surface area contributed by atoms with Crippen molar-refractivity contribution in [2.45, 2.75) is 19.1 Å². The first kappa shape index (κ1) is 18.3. The molecule has 2 aromatic carbocycles. The highest BCUT2D eigenvalue weighted by Gasteiger charge is 2.33. The molecule has 0 aliphatic carbocycles. The van der Waals surface area contributed by atoms with E-state index in [0.717, 1.165) is 17.7 Å². The number of carbonyl (C=O) groups is 1. The number of rotatable bonds is 5. The van der Waals surface area contributed by atoms with Crippen LogP contribution < -0.4 is 10.6 Å². The van der Waals surface area contributed by atoms with Crippen LogP contribution in [0.1, 0.15) is 24.1 Å². The Hall–Kier alpha value is -2.05. The van der Waals surface area contributed by atoms with Crippen molar-refractivity contribution in [2.75, 3.05) is 11.9 Å². The Kier molecular flexibility index (Phi) is 5.85. The average molecular weight is 358 g/mol. The third-order valence-electron chi connectivity index (χ3n) is 3.54. The van der Waals surface area contributed by atoms with Crippen molar-refractivity contribution < 1.29 is 23.3 Å². The zero-order valence-electron chi connectivity index (χ0n) is 12.9. The lowest BCUT2D eigenvalue weighted by Crippen LogP contribution is -2.86. The van der Waals surface area contributed by atoms with Crippen molar-refractivity contribution in [1.82, 2.24) is 0 Å². The van der Waals surface area contributed by atoms with E-state index in [0.29, 0.717) is 0 Å². The Morgan fingerprint density at radius 2 is 1.88 bits per heavy atom. The second kappa shape index (κ2) is 7.68. The lowest BCUT2D eigenvalue weighted by molar-refractivity contribution is -0.682. The molecule has 1 atom stereocenters. The molecule has 0 fully saturated rings. The third-order valence-corrected chi connectivity index (χ3v) is 3.87. The van der Waals surface area contributed by atoms with Crippen molar-refractivity contribution in [1.29, 1.82) is 0 Å². The van der Waals surface area contributed by atoms with Gasteiger partial charge in [0.1, 0.15) is 6.04 Å². The predicted octanol–water partition coefficient (Wildman–Crippen LogP) is 3.62. The van der Waals surface area contributed by atoms with Gasteiger partial charge < -0.3 is 10.6 Å². The zero-order valence-corrected chi connectivity index (χ0v) is 13.7. The van der Waals surface area contributed by atoms with Crippen LogP contribution in [-0.2, 0) is 11.0 Å². The highest BCUT2D eigenvalue weighted by atomic mass is 35.5. The van der Waals surface area contributed by atoms with Gasteiger partial charge in [0, 0.05) is 11.3 Å². The molecule has 0 saturated heterocycles. The lowest BCUT2D eigenvalue weighted by Gasteiger charge is -2.13. The molecule has 2 rings (SSSR count). The highest BCUT2D eigenvalue weighted by molar-refractivity contribution is 6.31. The van der Waals surface area contributed by atoms with Crippen LogP contribution in [0.5, 0.6) is 0 Å². The normalized spacial score (nSPS) is 12.7. The minimum Gasteiger partial charge on any atom is -0.333 e. The Balaban J connectivity index is 1.95. The molecule has 0 heterocycles. The Morgan fingerprint density at radius 1 is 1.21 bits per heavy atom. The quantitative estimate of drug-likeness (QED) is 0.843. The van der Waals surface area contributed by atoms with Crippen molar-refractivity contribution >= 4 is 23.2 Å². The van der Waals surface area contributed by atoms with E-state index in [2.05, 4.69) is 5.32 Å². The van der Waals surface area contributed by atoms with Gasteiger partial charge in [-0.2, -0.15) is 13.2 Å². The summed E-state index contributed by atoms with van der Waals surface area (Å²) in [6.07, 6.45) is -4.56. The van der Waals surface area contributed by atoms with Crippen LogP contribution in [-0.4, -0.2) is 12.5 Å². The number of amides is 1. The number of hydrogen-bond donors (Lipinski definition) is 2. The van der Waals surface area contributed by atoms with E-state index in [4.69, 9.17) is 11.6 Å². The first-order valence-corrected chi connectivity index (χ1v) is 7.70. The van der Waals surface area contributed by atoms with Gasteiger partial charge in [0.25, 0.3) is 5.91 Å². The van der Waals surface area contributed by atoms with Gasteiger partial charge in [-0.1, -0.05) is 41.9 Å². The highest BCUT2D eigenvalue weighted by Crippen LogP contribution is 2.36. The fraction of sp³-hybridized carbons (Fsp3) is 0.235. The van der Waals surface area contributed by atoms with E-state index in [1.807, 2.05) is 42.6 Å². The molecular formula is C17H17ClF3N2O+. The summed E-state index contributed by atoms with van der Waals surface area (Å²) < 4.78 is 38.4. The number of nitrogens with two attached hydrogens (primary N) is 1. The summed E-state index contributed by atoms with van der Waals surface area (Å²) in [5, 5.41) is 3.87. The molecule has 0 unspecified atom stereocenters. The van der Waals surface area contributed by atoms with E-state index >= 15 is 0 Å². The summed E-state index contributed by atoms with van der Waals surface area (Å²) in [7, 11) is 0. The maximum absolute atomic E-state index is 12.8. The molecule has 3 N–H and O–H groups in total. The van der Waals surface area contributed by atoms with Crippen LogP contribution >= 0.6 is 11.6 Å². The molecule has 0 bridgehead atoms. The van der Waals surface area contributed by atoms with Gasteiger partial charge in [-0.25, -0.2) is 0 Å². The van der Waals surface area contributed by atoms with Gasteiger partial charge in [0.05, 0.1) is 10.6 Å². The number of carbonyl (C=O) groups excluding carboxylic acids is 1. The molecule has 128 valence electrons. The fourth-order valence-electron chi connectivity index (χ4n) is 2.21. The summed E-state index contributed by atoms with van der Waals surface area (Å²) in [5.41, 5.74) is 0.164. The minimum atomic E-state index is -4.56. The number of nitrogens with one attached hydrogen (secondary N) is 1. The Labute approximate surface area is 142 Å². The Bertz CT molecular complexity index is 705. The van der Waals surface area contributed by atoms with Crippen molar-refractivity contribution in [3.05, 3.63) is 64.7 Å². The molecule has 7 heteroatoms. The lowest BCUT2D eigenvalue weighted by atomic mass is 10.1. The van der Waals surface area contributed by atoms with E-state index in [-0.39, 0.29) is 24.2 Å². The second-order valence-electron chi connectivity index (χ2n) is 5.38. The number of anilines is 1. The maximum Gasteiger partial charge on any atom is 0.417 e. The van der Waals surface area contributed by atoms with Gasteiger partial charge in [0.15, 0.2) is 6.54 Å². The first-order valence-electron chi connectivity index (χ1n) is 7.32. The number of hydrogen-bond acceptors (Lipinski definition) is 1. The molecule has 0 spiro atoms. The van der Waals surface area contributed by atoms with Crippen molar-refractivity contribution in [2.24, 2.45) is 0 Å². The van der Waals surface area contributed by atoms with Crippen LogP contribution in [0, 0.1) is 0 Å². The molecule has 0 aromatic heterocycles. The average Bonchev–Trinajstić information content (AvgIpc) is 2.54. The first-order chi connectivity index (χ1) is 11.3. The number of alkyl halides is 3. The molecular weight excluding hydrogens is 341 g/mol. The second-order valence-corrected chi connectivity index (χ2v) is 5.79. The van der Waals surface area contributed by atoms with Crippen LogP contribution in [0.4, 0.5) is 18.9 Å². The monoisotopic (exact) mass is 357 g/mol. The van der Waals surface area contributed by atoms with Gasteiger partial charge in [0.2, 0.25) is 0 Å². The standard InChI is InChI=1S/C17H16ClF3N2O/c1-11(12-5-3-2-4-6-12)22-10-16(24)23-13-7-8-15(18)14(9-13)17(19,20)21/h2-9,11,22H,10H2,1H3,(H,23,24)/p+1/t11-/m1/s1. The smallest absolute Gasteiger partial charge is 0.333 e. The molecule has 3 nitrogen and oxygen atoms in total. The van der Waals surface area contributed by atoms with Crippen molar-refractivity contribution in [3.63, 3.8) is 0 Å². The summed E-state index contributed by atoms with van der Waals surface area (Å²) >= 11 is 5.55. The van der Waals surface area contributed by atoms with Crippen molar-refractivity contribution in [3.8, 4) is 0 Å². The number of halogens is 4. The molecule has 2 aromatic rings. The van der Waals surface area contributed by atoms with E-state index in [1.165, 1.54) is 6.07 Å². The SMILES string of the molecule is C[C@@H]([NH2+]CC(=O)Nc1ccc(Cl)c(C(F)(F)F)c1)c1ccccc1. The van der Waals surface area contributed by atoms with Crippen LogP contribution in [0.15, 0.2) is 48.5 Å². The molecule has 0 radical (unpaired) electrons. The van der Waals surface area contributed by atoms with Gasteiger partial charge in [-0.15, -0.1) is 0 Å². The molecule has 0 aliphatic rings. The number of benzene rings is 2. The molecule has 24 heavy (non-hydrogen) atoms. The van der Waals surface area contributed by atoms with E-state index in [9.17, 15) is 18.0 Å². The molecule has 0 aliphatic heterocycles. The summed E-state index contributed by atoms with van der Waals surface area (Å²) in [6.45, 7) is 2.05. The third kappa shape index (κ3) is 4.97. The summed E-state index contributed by atoms with van der Waals surface area (Å²) in [6, 6.07) is 13.0. The van der Waals surface area contributed by atoms with Crippen LogP contribution in [0.25, 0.3) is 0 Å². The summed E-state index contributed by atoms with van der Waals surface area (Å²) in [5.74, 6) is -0.381. The van der Waals surface area contributed by atoms with Gasteiger partial charge in [-0.05, 0) is 25.1 Å². The molecule has 0 saturated carbocycles.